The maximum absolute atomic E-state index is 13.4. The number of nitrogens with one attached hydrogen (secondary N) is 2. The van der Waals surface area contributed by atoms with Gasteiger partial charge in [0.2, 0.25) is 0 Å². The Bertz CT molecular complexity index is 1370. The molecule has 8 heteroatoms. The van der Waals surface area contributed by atoms with Crippen LogP contribution in [0.1, 0.15) is 17.1 Å². The highest BCUT2D eigenvalue weighted by Gasteiger charge is 2.16. The first-order valence-corrected chi connectivity index (χ1v) is 10.4. The number of H-pyrrole nitrogens is 1. The van der Waals surface area contributed by atoms with Crippen molar-refractivity contribution in [2.45, 2.75) is 19.9 Å². The lowest BCUT2D eigenvalue weighted by molar-refractivity contribution is 0.621. The first-order chi connectivity index (χ1) is 15.7. The fourth-order valence-electron chi connectivity index (χ4n) is 3.67. The van der Waals surface area contributed by atoms with Gasteiger partial charge in [-0.05, 0) is 61.9 Å². The summed E-state index contributed by atoms with van der Waals surface area (Å²) >= 11 is 0. The zero-order valence-corrected chi connectivity index (χ0v) is 17.6. The standard InChI is InChI=1S/C24H22FN7/c1-16-4-2-7-20(29-16)24-23(18-8-9-22-27-15-28-32(22)14-18)30-21(31-24)13-26-11-10-17-5-3-6-19(25)12-17/h2-9,12,14-15,26H,10-11,13H2,1H3,(H,30,31). The largest absolute Gasteiger partial charge is 0.339 e. The predicted molar refractivity (Wildman–Crippen MR) is 120 cm³/mol. The van der Waals surface area contributed by atoms with Crippen molar-refractivity contribution in [3.63, 3.8) is 0 Å². The minimum absolute atomic E-state index is 0.210. The maximum Gasteiger partial charge on any atom is 0.155 e. The minimum Gasteiger partial charge on any atom is -0.339 e. The molecule has 1 aromatic carbocycles. The van der Waals surface area contributed by atoms with E-state index in [0.29, 0.717) is 13.1 Å². The molecule has 0 saturated heterocycles. The lowest BCUT2D eigenvalue weighted by atomic mass is 10.1. The number of hydrogen-bond acceptors (Lipinski definition) is 5. The number of rotatable bonds is 7. The highest BCUT2D eigenvalue weighted by molar-refractivity contribution is 5.77. The number of pyridine rings is 2. The van der Waals surface area contributed by atoms with Gasteiger partial charge in [-0.3, -0.25) is 4.98 Å². The van der Waals surface area contributed by atoms with Crippen molar-refractivity contribution in [3.05, 3.63) is 90.0 Å². The van der Waals surface area contributed by atoms with Gasteiger partial charge in [0, 0.05) is 17.5 Å². The number of imidazole rings is 1. The number of hydrogen-bond donors (Lipinski definition) is 2. The summed E-state index contributed by atoms with van der Waals surface area (Å²) in [6.45, 7) is 3.23. The number of halogens is 1. The molecule has 0 spiro atoms. The summed E-state index contributed by atoms with van der Waals surface area (Å²) in [5.74, 6) is 0.592. The monoisotopic (exact) mass is 427 g/mol. The van der Waals surface area contributed by atoms with Crippen LogP contribution in [-0.4, -0.2) is 36.1 Å². The molecule has 0 fully saturated rings. The van der Waals surface area contributed by atoms with E-state index < -0.39 is 0 Å². The molecule has 0 bridgehead atoms. The molecule has 5 rings (SSSR count). The normalized spacial score (nSPS) is 11.3. The molecule has 4 heterocycles. The van der Waals surface area contributed by atoms with Crippen LogP contribution in [0, 0.1) is 12.7 Å². The Kier molecular flexibility index (Phi) is 5.43. The van der Waals surface area contributed by atoms with Gasteiger partial charge in [0.1, 0.15) is 18.0 Å². The Hall–Kier alpha value is -3.91. The summed E-state index contributed by atoms with van der Waals surface area (Å²) in [5, 5.41) is 7.62. The van der Waals surface area contributed by atoms with E-state index in [9.17, 15) is 4.39 Å². The average molecular weight is 427 g/mol. The number of fused-ring (bicyclic) bond motifs is 1. The number of nitrogens with zero attached hydrogens (tertiary/aromatic N) is 5. The van der Waals surface area contributed by atoms with Crippen LogP contribution in [0.5, 0.6) is 0 Å². The number of benzene rings is 1. The third-order valence-corrected chi connectivity index (χ3v) is 5.22. The van der Waals surface area contributed by atoms with Gasteiger partial charge in [0.05, 0.1) is 23.6 Å². The summed E-state index contributed by atoms with van der Waals surface area (Å²) in [7, 11) is 0. The van der Waals surface area contributed by atoms with Gasteiger partial charge in [0.15, 0.2) is 5.65 Å². The second kappa shape index (κ2) is 8.68. The van der Waals surface area contributed by atoms with Crippen LogP contribution in [0.2, 0.25) is 0 Å². The van der Waals surface area contributed by atoms with Crippen molar-refractivity contribution < 1.29 is 4.39 Å². The summed E-state index contributed by atoms with van der Waals surface area (Å²) in [5.41, 5.74) is 6.09. The third kappa shape index (κ3) is 4.26. The van der Waals surface area contributed by atoms with E-state index in [1.165, 1.54) is 12.4 Å². The average Bonchev–Trinajstić information content (AvgIpc) is 3.43. The van der Waals surface area contributed by atoms with Gasteiger partial charge in [-0.15, -0.1) is 0 Å². The topological polar surface area (TPSA) is 83.8 Å². The Morgan fingerprint density at radius 3 is 2.84 bits per heavy atom. The minimum atomic E-state index is -0.210. The number of aromatic nitrogens is 6. The fraction of sp³-hybridized carbons (Fsp3) is 0.167. The highest BCUT2D eigenvalue weighted by Crippen LogP contribution is 2.29. The van der Waals surface area contributed by atoms with Crippen LogP contribution in [0.15, 0.2) is 67.1 Å². The molecule has 0 unspecified atom stereocenters. The van der Waals surface area contributed by atoms with Crippen LogP contribution in [0.25, 0.3) is 28.3 Å². The Balaban J connectivity index is 1.40. The molecule has 2 N–H and O–H groups in total. The van der Waals surface area contributed by atoms with Gasteiger partial charge in [-0.2, -0.15) is 5.10 Å². The van der Waals surface area contributed by atoms with E-state index in [0.717, 1.165) is 51.8 Å². The fourth-order valence-corrected chi connectivity index (χ4v) is 3.67. The first-order valence-electron chi connectivity index (χ1n) is 10.4. The van der Waals surface area contributed by atoms with Crippen LogP contribution in [-0.2, 0) is 13.0 Å². The smallest absolute Gasteiger partial charge is 0.155 e. The molecule has 160 valence electrons. The van der Waals surface area contributed by atoms with Crippen molar-refractivity contribution >= 4 is 5.65 Å². The molecule has 0 atom stereocenters. The Labute approximate surface area is 184 Å². The van der Waals surface area contributed by atoms with Gasteiger partial charge in [0.25, 0.3) is 0 Å². The molecule has 0 aliphatic heterocycles. The van der Waals surface area contributed by atoms with E-state index in [-0.39, 0.29) is 5.82 Å². The molecule has 5 aromatic rings. The summed E-state index contributed by atoms with van der Waals surface area (Å²) in [4.78, 5) is 17.2. The van der Waals surface area contributed by atoms with Crippen molar-refractivity contribution in [1.82, 2.24) is 34.9 Å². The summed E-state index contributed by atoms with van der Waals surface area (Å²) in [6, 6.07) is 16.5. The molecular weight excluding hydrogens is 405 g/mol. The lowest BCUT2D eigenvalue weighted by Gasteiger charge is -2.04. The molecule has 0 aliphatic rings. The molecule has 0 saturated carbocycles. The Morgan fingerprint density at radius 2 is 1.97 bits per heavy atom. The SMILES string of the molecule is Cc1cccc(-c2[nH]c(CNCCc3cccc(F)c3)nc2-c2ccc3ncnn3c2)n1. The van der Waals surface area contributed by atoms with Crippen molar-refractivity contribution in [1.29, 1.82) is 0 Å². The van der Waals surface area contributed by atoms with Gasteiger partial charge < -0.3 is 10.3 Å². The van der Waals surface area contributed by atoms with Crippen LogP contribution < -0.4 is 5.32 Å². The van der Waals surface area contributed by atoms with Crippen molar-refractivity contribution in [2.75, 3.05) is 6.54 Å². The number of aromatic amines is 1. The predicted octanol–water partition coefficient (Wildman–Crippen LogP) is 3.96. The van der Waals surface area contributed by atoms with Crippen LogP contribution >= 0.6 is 0 Å². The van der Waals surface area contributed by atoms with Crippen molar-refractivity contribution in [2.24, 2.45) is 0 Å². The molecule has 7 nitrogen and oxygen atoms in total. The quantitative estimate of drug-likeness (QED) is 0.384. The highest BCUT2D eigenvalue weighted by atomic mass is 19.1. The lowest BCUT2D eigenvalue weighted by Crippen LogP contribution is -2.17. The first kappa shape index (κ1) is 20.0. The molecule has 0 amide bonds. The molecule has 0 radical (unpaired) electrons. The zero-order chi connectivity index (χ0) is 21.9. The maximum atomic E-state index is 13.4. The van der Waals surface area contributed by atoms with Gasteiger partial charge >= 0.3 is 0 Å². The number of aryl methyl sites for hydroxylation is 1. The van der Waals surface area contributed by atoms with E-state index in [1.807, 2.05) is 49.5 Å². The van der Waals surface area contributed by atoms with E-state index >= 15 is 0 Å². The summed E-state index contributed by atoms with van der Waals surface area (Å²) in [6.07, 6.45) is 4.18. The second-order valence-corrected chi connectivity index (χ2v) is 7.61. The Morgan fingerprint density at radius 1 is 1.06 bits per heavy atom. The molecular formula is C24H22FN7. The molecule has 32 heavy (non-hydrogen) atoms. The summed E-state index contributed by atoms with van der Waals surface area (Å²) < 4.78 is 15.1. The van der Waals surface area contributed by atoms with E-state index in [4.69, 9.17) is 4.98 Å². The molecule has 4 aromatic heterocycles. The van der Waals surface area contributed by atoms with Gasteiger partial charge in [-0.25, -0.2) is 18.9 Å². The molecule has 0 aliphatic carbocycles. The van der Waals surface area contributed by atoms with Gasteiger partial charge in [-0.1, -0.05) is 18.2 Å². The second-order valence-electron chi connectivity index (χ2n) is 7.61. The van der Waals surface area contributed by atoms with Crippen LogP contribution in [0.4, 0.5) is 4.39 Å². The third-order valence-electron chi connectivity index (χ3n) is 5.22. The van der Waals surface area contributed by atoms with E-state index in [1.54, 1.807) is 16.6 Å². The zero-order valence-electron chi connectivity index (χ0n) is 17.6. The van der Waals surface area contributed by atoms with Crippen molar-refractivity contribution in [3.8, 4) is 22.6 Å². The van der Waals surface area contributed by atoms with Crippen LogP contribution in [0.3, 0.4) is 0 Å². The van der Waals surface area contributed by atoms with E-state index in [2.05, 4.69) is 25.4 Å².